The number of imidazole rings is 1. The van der Waals surface area contributed by atoms with Gasteiger partial charge in [-0.3, -0.25) is 5.10 Å². The van der Waals surface area contributed by atoms with Crippen molar-refractivity contribution in [3.05, 3.63) is 18.1 Å². The molecule has 0 saturated carbocycles. The van der Waals surface area contributed by atoms with Crippen molar-refractivity contribution in [3.8, 4) is 0 Å². The van der Waals surface area contributed by atoms with Crippen LogP contribution in [0.3, 0.4) is 0 Å². The smallest absolute Gasteiger partial charge is 0.249 e. The summed E-state index contributed by atoms with van der Waals surface area (Å²) in [5.41, 5.74) is 7.40. The van der Waals surface area contributed by atoms with E-state index in [0.29, 0.717) is 17.5 Å². The molecule has 0 unspecified atom stereocenters. The molecule has 0 spiro atoms. The Labute approximate surface area is 118 Å². The Morgan fingerprint density at radius 3 is 2.85 bits per heavy atom. The molecule has 2 aromatic rings. The minimum absolute atomic E-state index is 0.383. The number of nitrogens with two attached hydrogens (primary N) is 1. The Balaban J connectivity index is 2.05. The lowest BCUT2D eigenvalue weighted by atomic mass is 10.1. The van der Waals surface area contributed by atoms with Crippen molar-refractivity contribution in [2.75, 3.05) is 5.73 Å². The molecule has 7 heteroatoms. The molecule has 0 aliphatic rings. The molecule has 0 saturated heterocycles. The standard InChI is InChI=1S/C13H21N7/c1-3-4-5-6-7-10-11(12(14)18-16-10)17-19-13-15-8-9-20(13)2/h8-9H,3-7H2,1-2H3,(H3,14,16,18). The third-order valence-corrected chi connectivity index (χ3v) is 3.16. The number of nitrogens with zero attached hydrogens (tertiary/aromatic N) is 5. The van der Waals surface area contributed by atoms with Gasteiger partial charge < -0.3 is 10.3 Å². The number of aromatic nitrogens is 4. The molecule has 2 heterocycles. The molecule has 0 aliphatic heterocycles. The summed E-state index contributed by atoms with van der Waals surface area (Å²) in [5.74, 6) is 0.927. The Morgan fingerprint density at radius 2 is 2.15 bits per heavy atom. The predicted octanol–water partition coefficient (Wildman–Crippen LogP) is 3.26. The molecule has 0 atom stereocenters. The normalized spacial score (nSPS) is 11.5. The van der Waals surface area contributed by atoms with Gasteiger partial charge in [-0.05, 0) is 12.8 Å². The molecule has 0 bridgehead atoms. The Bertz CT molecular complexity index is 567. The van der Waals surface area contributed by atoms with Crippen molar-refractivity contribution < 1.29 is 0 Å². The van der Waals surface area contributed by atoms with Gasteiger partial charge in [0.2, 0.25) is 5.95 Å². The maximum absolute atomic E-state index is 5.83. The van der Waals surface area contributed by atoms with E-state index in [1.165, 1.54) is 19.3 Å². The second-order valence-corrected chi connectivity index (χ2v) is 4.78. The second kappa shape index (κ2) is 6.83. The van der Waals surface area contributed by atoms with Crippen LogP contribution in [0, 0.1) is 0 Å². The summed E-state index contributed by atoms with van der Waals surface area (Å²) in [5, 5.41) is 15.3. The zero-order valence-electron chi connectivity index (χ0n) is 12.0. The first-order chi connectivity index (χ1) is 9.72. The van der Waals surface area contributed by atoms with Crippen LogP contribution >= 0.6 is 0 Å². The van der Waals surface area contributed by atoms with Gasteiger partial charge in [0.1, 0.15) is 0 Å². The molecule has 0 aliphatic carbocycles. The van der Waals surface area contributed by atoms with Gasteiger partial charge >= 0.3 is 0 Å². The average molecular weight is 275 g/mol. The molecule has 2 aromatic heterocycles. The van der Waals surface area contributed by atoms with Crippen LogP contribution in [0.4, 0.5) is 17.5 Å². The van der Waals surface area contributed by atoms with E-state index < -0.39 is 0 Å². The quantitative estimate of drug-likeness (QED) is 0.599. The minimum Gasteiger partial charge on any atom is -0.380 e. The molecule has 3 N–H and O–H groups in total. The van der Waals surface area contributed by atoms with Crippen molar-refractivity contribution in [1.29, 1.82) is 0 Å². The van der Waals surface area contributed by atoms with Crippen LogP contribution in [0.25, 0.3) is 0 Å². The van der Waals surface area contributed by atoms with Crippen LogP contribution in [0.1, 0.15) is 38.3 Å². The first-order valence-electron chi connectivity index (χ1n) is 6.94. The Kier molecular flexibility index (Phi) is 4.86. The molecular formula is C13H21N7. The van der Waals surface area contributed by atoms with Crippen LogP contribution in [0.5, 0.6) is 0 Å². The molecule has 2 rings (SSSR count). The van der Waals surface area contributed by atoms with Gasteiger partial charge in [0.15, 0.2) is 11.5 Å². The summed E-state index contributed by atoms with van der Waals surface area (Å²) in [6, 6.07) is 0. The topological polar surface area (TPSA) is 97.2 Å². The van der Waals surface area contributed by atoms with Crippen molar-refractivity contribution in [3.63, 3.8) is 0 Å². The first-order valence-corrected chi connectivity index (χ1v) is 6.94. The molecule has 0 fully saturated rings. The maximum Gasteiger partial charge on any atom is 0.249 e. The van der Waals surface area contributed by atoms with Gasteiger partial charge in [-0.15, -0.1) is 10.2 Å². The van der Waals surface area contributed by atoms with E-state index in [1.807, 2.05) is 13.2 Å². The fourth-order valence-electron chi connectivity index (χ4n) is 1.95. The molecule has 20 heavy (non-hydrogen) atoms. The van der Waals surface area contributed by atoms with Crippen molar-refractivity contribution in [2.24, 2.45) is 17.3 Å². The molecule has 0 aromatic carbocycles. The molecule has 0 amide bonds. The predicted molar refractivity (Wildman–Crippen MR) is 78.2 cm³/mol. The summed E-state index contributed by atoms with van der Waals surface area (Å²) in [6.45, 7) is 2.20. The molecule has 7 nitrogen and oxygen atoms in total. The number of H-pyrrole nitrogens is 1. The lowest BCUT2D eigenvalue weighted by molar-refractivity contribution is 0.659. The van der Waals surface area contributed by atoms with E-state index in [-0.39, 0.29) is 0 Å². The number of hydrogen-bond acceptors (Lipinski definition) is 5. The number of azo groups is 1. The number of anilines is 1. The number of aromatic amines is 1. The number of unbranched alkanes of at least 4 members (excludes halogenated alkanes) is 3. The van der Waals surface area contributed by atoms with Gasteiger partial charge in [-0.25, -0.2) is 4.98 Å². The monoisotopic (exact) mass is 275 g/mol. The molecular weight excluding hydrogens is 254 g/mol. The van der Waals surface area contributed by atoms with Gasteiger partial charge in [-0.1, -0.05) is 26.2 Å². The number of hydrogen-bond donors (Lipinski definition) is 2. The van der Waals surface area contributed by atoms with Crippen LogP contribution in [-0.2, 0) is 13.5 Å². The number of rotatable bonds is 7. The van der Waals surface area contributed by atoms with E-state index in [4.69, 9.17) is 5.73 Å². The minimum atomic E-state index is 0.383. The number of aryl methyl sites for hydroxylation is 2. The maximum atomic E-state index is 5.83. The van der Waals surface area contributed by atoms with Crippen LogP contribution in [0.15, 0.2) is 22.6 Å². The zero-order valence-corrected chi connectivity index (χ0v) is 12.0. The Morgan fingerprint density at radius 1 is 1.30 bits per heavy atom. The fraction of sp³-hybridized carbons (Fsp3) is 0.538. The highest BCUT2D eigenvalue weighted by Gasteiger charge is 2.10. The summed E-state index contributed by atoms with van der Waals surface area (Å²) in [6.07, 6.45) is 9.15. The summed E-state index contributed by atoms with van der Waals surface area (Å²) >= 11 is 0. The summed E-state index contributed by atoms with van der Waals surface area (Å²) in [7, 11) is 1.87. The van der Waals surface area contributed by atoms with Crippen molar-refractivity contribution in [1.82, 2.24) is 19.7 Å². The van der Waals surface area contributed by atoms with E-state index in [9.17, 15) is 0 Å². The second-order valence-electron chi connectivity index (χ2n) is 4.78. The highest BCUT2D eigenvalue weighted by atomic mass is 15.3. The van der Waals surface area contributed by atoms with Gasteiger partial charge in [0.25, 0.3) is 0 Å². The van der Waals surface area contributed by atoms with Gasteiger partial charge in [0.05, 0.1) is 5.69 Å². The van der Waals surface area contributed by atoms with Crippen LogP contribution in [-0.4, -0.2) is 19.7 Å². The average Bonchev–Trinajstić information content (AvgIpc) is 2.99. The van der Waals surface area contributed by atoms with E-state index in [0.717, 1.165) is 18.5 Å². The largest absolute Gasteiger partial charge is 0.380 e. The summed E-state index contributed by atoms with van der Waals surface area (Å²) < 4.78 is 1.79. The highest BCUT2D eigenvalue weighted by molar-refractivity contribution is 5.60. The van der Waals surface area contributed by atoms with Crippen molar-refractivity contribution >= 4 is 17.5 Å². The zero-order chi connectivity index (χ0) is 14.4. The van der Waals surface area contributed by atoms with E-state index in [2.05, 4.69) is 32.3 Å². The first kappa shape index (κ1) is 14.2. The molecule has 108 valence electrons. The third-order valence-electron chi connectivity index (χ3n) is 3.16. The van der Waals surface area contributed by atoms with Crippen molar-refractivity contribution in [2.45, 2.75) is 39.0 Å². The third kappa shape index (κ3) is 3.43. The highest BCUT2D eigenvalue weighted by Crippen LogP contribution is 2.27. The van der Waals surface area contributed by atoms with Crippen LogP contribution in [0.2, 0.25) is 0 Å². The molecule has 0 radical (unpaired) electrons. The number of nitrogens with one attached hydrogen (secondary N) is 1. The van der Waals surface area contributed by atoms with E-state index >= 15 is 0 Å². The van der Waals surface area contributed by atoms with Gasteiger partial charge in [0, 0.05) is 19.4 Å². The van der Waals surface area contributed by atoms with E-state index in [1.54, 1.807) is 10.8 Å². The number of nitrogen functional groups attached to an aromatic ring is 1. The lowest BCUT2D eigenvalue weighted by Gasteiger charge is -1.99. The summed E-state index contributed by atoms with van der Waals surface area (Å²) in [4.78, 5) is 4.09. The van der Waals surface area contributed by atoms with Gasteiger partial charge in [-0.2, -0.15) is 5.10 Å². The SMILES string of the molecule is CCCCCCc1[nH]nc(N)c1N=Nc1nccn1C. The fourth-order valence-corrected chi connectivity index (χ4v) is 1.95. The van der Waals surface area contributed by atoms with Crippen LogP contribution < -0.4 is 5.73 Å². The lowest BCUT2D eigenvalue weighted by Crippen LogP contribution is -1.88. The Hall–Kier alpha value is -2.18.